The van der Waals surface area contributed by atoms with Gasteiger partial charge in [0.25, 0.3) is 0 Å². The molecule has 0 aliphatic rings. The molecule has 1 aromatic rings. The van der Waals surface area contributed by atoms with E-state index in [0.29, 0.717) is 12.6 Å². The second-order valence-corrected chi connectivity index (χ2v) is 3.80. The molecule has 0 amide bonds. The van der Waals surface area contributed by atoms with Crippen molar-refractivity contribution in [3.05, 3.63) is 35.1 Å². The maximum Gasteiger partial charge on any atom is 0.416 e. The van der Waals surface area contributed by atoms with E-state index in [1.807, 2.05) is 6.92 Å². The smallest absolute Gasteiger partial charge is 0.316 e. The number of alkyl halides is 3. The van der Waals surface area contributed by atoms with Gasteiger partial charge in [-0.05, 0) is 43.6 Å². The lowest BCUT2D eigenvalue weighted by Crippen LogP contribution is -2.19. The van der Waals surface area contributed by atoms with Crippen molar-refractivity contribution in [2.24, 2.45) is 0 Å². The third-order valence-electron chi connectivity index (χ3n) is 2.38. The molecule has 17 heavy (non-hydrogen) atoms. The minimum atomic E-state index is -4.50. The van der Waals surface area contributed by atoms with Crippen LogP contribution in [0.1, 0.15) is 24.5 Å². The zero-order chi connectivity index (χ0) is 12.9. The van der Waals surface area contributed by atoms with E-state index in [1.54, 1.807) is 0 Å². The van der Waals surface area contributed by atoms with Crippen LogP contribution in [0.4, 0.5) is 17.6 Å². The molecule has 0 spiro atoms. The van der Waals surface area contributed by atoms with Crippen molar-refractivity contribution in [2.75, 3.05) is 13.1 Å². The summed E-state index contributed by atoms with van der Waals surface area (Å²) < 4.78 is 50.7. The third kappa shape index (κ3) is 4.34. The Morgan fingerprint density at radius 2 is 1.88 bits per heavy atom. The summed E-state index contributed by atoms with van der Waals surface area (Å²) in [6.07, 6.45) is -3.33. The molecule has 0 saturated heterocycles. The zero-order valence-corrected chi connectivity index (χ0v) is 9.57. The van der Waals surface area contributed by atoms with Crippen LogP contribution in [0.15, 0.2) is 18.2 Å². The molecule has 0 aliphatic carbocycles. The maximum atomic E-state index is 12.8. The molecule has 0 aliphatic heterocycles. The first-order valence-electron chi connectivity index (χ1n) is 5.51. The number of halogens is 4. The Morgan fingerprint density at radius 3 is 2.47 bits per heavy atom. The first kappa shape index (κ1) is 14.0. The zero-order valence-electron chi connectivity index (χ0n) is 9.57. The highest BCUT2D eigenvalue weighted by molar-refractivity contribution is 5.30. The van der Waals surface area contributed by atoms with E-state index in [9.17, 15) is 17.6 Å². The van der Waals surface area contributed by atoms with Gasteiger partial charge in [-0.15, -0.1) is 0 Å². The summed E-state index contributed by atoms with van der Waals surface area (Å²) in [4.78, 5) is 0. The fourth-order valence-corrected chi connectivity index (χ4v) is 1.56. The van der Waals surface area contributed by atoms with Gasteiger partial charge in [0.1, 0.15) is 5.82 Å². The maximum absolute atomic E-state index is 12.8. The van der Waals surface area contributed by atoms with Crippen molar-refractivity contribution in [3.63, 3.8) is 0 Å². The van der Waals surface area contributed by atoms with Crippen molar-refractivity contribution in [1.29, 1.82) is 0 Å². The Labute approximate surface area is 97.8 Å². The van der Waals surface area contributed by atoms with Gasteiger partial charge in [0.2, 0.25) is 0 Å². The molecule has 1 N–H and O–H groups in total. The minimum Gasteiger partial charge on any atom is -0.316 e. The van der Waals surface area contributed by atoms with E-state index in [0.717, 1.165) is 19.0 Å². The molecule has 0 aromatic heterocycles. The summed E-state index contributed by atoms with van der Waals surface area (Å²) in [7, 11) is 0. The molecular formula is C12H15F4N. The van der Waals surface area contributed by atoms with Crippen LogP contribution in [0, 0.1) is 5.82 Å². The lowest BCUT2D eigenvalue weighted by Gasteiger charge is -2.13. The van der Waals surface area contributed by atoms with Gasteiger partial charge in [-0.3, -0.25) is 0 Å². The fraction of sp³-hybridized carbons (Fsp3) is 0.500. The standard InChI is InChI=1S/C12H15F4N/c1-2-6-17-7-5-9-3-4-10(13)8-11(9)12(14,15)16/h3-4,8,17H,2,5-7H2,1H3. The van der Waals surface area contributed by atoms with Crippen molar-refractivity contribution < 1.29 is 17.6 Å². The quantitative estimate of drug-likeness (QED) is 0.623. The van der Waals surface area contributed by atoms with E-state index in [-0.39, 0.29) is 12.0 Å². The van der Waals surface area contributed by atoms with E-state index in [2.05, 4.69) is 5.32 Å². The van der Waals surface area contributed by atoms with E-state index in [1.165, 1.54) is 6.07 Å². The molecule has 0 radical (unpaired) electrons. The summed E-state index contributed by atoms with van der Waals surface area (Å²) in [5, 5.41) is 3.02. The van der Waals surface area contributed by atoms with Gasteiger partial charge in [0.05, 0.1) is 5.56 Å². The summed E-state index contributed by atoms with van der Waals surface area (Å²) in [5.74, 6) is -0.859. The lowest BCUT2D eigenvalue weighted by molar-refractivity contribution is -0.138. The average molecular weight is 249 g/mol. The molecular weight excluding hydrogens is 234 g/mol. The molecule has 1 rings (SSSR count). The Hall–Kier alpha value is -1.10. The van der Waals surface area contributed by atoms with Gasteiger partial charge in [-0.1, -0.05) is 13.0 Å². The number of hydrogen-bond acceptors (Lipinski definition) is 1. The monoisotopic (exact) mass is 249 g/mol. The van der Waals surface area contributed by atoms with Crippen LogP contribution in [-0.4, -0.2) is 13.1 Å². The fourth-order valence-electron chi connectivity index (χ4n) is 1.56. The van der Waals surface area contributed by atoms with Crippen LogP contribution in [0.5, 0.6) is 0 Å². The van der Waals surface area contributed by atoms with E-state index >= 15 is 0 Å². The van der Waals surface area contributed by atoms with Crippen LogP contribution in [-0.2, 0) is 12.6 Å². The summed E-state index contributed by atoms with van der Waals surface area (Å²) in [5.41, 5.74) is -0.752. The molecule has 0 fully saturated rings. The largest absolute Gasteiger partial charge is 0.416 e. The van der Waals surface area contributed by atoms with Crippen LogP contribution < -0.4 is 5.32 Å². The second-order valence-electron chi connectivity index (χ2n) is 3.80. The number of benzene rings is 1. The molecule has 1 nitrogen and oxygen atoms in total. The topological polar surface area (TPSA) is 12.0 Å². The highest BCUT2D eigenvalue weighted by atomic mass is 19.4. The predicted octanol–water partition coefficient (Wildman–Crippen LogP) is 3.39. The van der Waals surface area contributed by atoms with E-state index in [4.69, 9.17) is 0 Å². The third-order valence-corrected chi connectivity index (χ3v) is 2.38. The molecule has 0 unspecified atom stereocenters. The summed E-state index contributed by atoms with van der Waals surface area (Å²) in [6, 6.07) is 2.81. The lowest BCUT2D eigenvalue weighted by atomic mass is 10.0. The minimum absolute atomic E-state index is 0.127. The number of rotatable bonds is 5. The van der Waals surface area contributed by atoms with Gasteiger partial charge < -0.3 is 5.32 Å². The van der Waals surface area contributed by atoms with Crippen molar-refractivity contribution in [1.82, 2.24) is 5.32 Å². The van der Waals surface area contributed by atoms with Gasteiger partial charge in [-0.2, -0.15) is 13.2 Å². The first-order chi connectivity index (χ1) is 7.95. The number of hydrogen-bond donors (Lipinski definition) is 1. The first-order valence-corrected chi connectivity index (χ1v) is 5.51. The normalized spacial score (nSPS) is 11.8. The van der Waals surface area contributed by atoms with Gasteiger partial charge in [0, 0.05) is 0 Å². The molecule has 0 heterocycles. The Kier molecular flexibility index (Phi) is 4.93. The van der Waals surface area contributed by atoms with Crippen LogP contribution in [0.3, 0.4) is 0 Å². The second kappa shape index (κ2) is 6.00. The Balaban J connectivity index is 2.77. The highest BCUT2D eigenvalue weighted by Gasteiger charge is 2.33. The Morgan fingerprint density at radius 1 is 1.18 bits per heavy atom. The Bertz CT molecular complexity index is 360. The van der Waals surface area contributed by atoms with Crippen LogP contribution >= 0.6 is 0 Å². The van der Waals surface area contributed by atoms with Crippen molar-refractivity contribution in [2.45, 2.75) is 25.9 Å². The van der Waals surface area contributed by atoms with Gasteiger partial charge >= 0.3 is 6.18 Å². The molecule has 96 valence electrons. The molecule has 5 heteroatoms. The van der Waals surface area contributed by atoms with Crippen molar-refractivity contribution >= 4 is 0 Å². The molecule has 1 aromatic carbocycles. The summed E-state index contributed by atoms with van der Waals surface area (Å²) >= 11 is 0. The summed E-state index contributed by atoms with van der Waals surface area (Å²) in [6.45, 7) is 3.21. The number of nitrogens with one attached hydrogen (secondary N) is 1. The van der Waals surface area contributed by atoms with E-state index < -0.39 is 17.6 Å². The van der Waals surface area contributed by atoms with Gasteiger partial charge in [0.15, 0.2) is 0 Å². The SMILES string of the molecule is CCCNCCc1ccc(F)cc1C(F)(F)F. The van der Waals surface area contributed by atoms with Crippen molar-refractivity contribution in [3.8, 4) is 0 Å². The molecule has 0 atom stereocenters. The molecule has 0 bridgehead atoms. The predicted molar refractivity (Wildman–Crippen MR) is 58.3 cm³/mol. The van der Waals surface area contributed by atoms with Crippen LogP contribution in [0.2, 0.25) is 0 Å². The average Bonchev–Trinajstić information content (AvgIpc) is 2.25. The van der Waals surface area contributed by atoms with Crippen LogP contribution in [0.25, 0.3) is 0 Å². The highest BCUT2D eigenvalue weighted by Crippen LogP contribution is 2.32. The molecule has 0 saturated carbocycles. The van der Waals surface area contributed by atoms with Gasteiger partial charge in [-0.25, -0.2) is 4.39 Å².